The van der Waals surface area contributed by atoms with Crippen molar-refractivity contribution >= 4 is 29.1 Å². The van der Waals surface area contributed by atoms with Gasteiger partial charge in [0.15, 0.2) is 11.5 Å². The van der Waals surface area contributed by atoms with Gasteiger partial charge in [-0.1, -0.05) is 41.9 Å². The van der Waals surface area contributed by atoms with Crippen LogP contribution in [0.2, 0.25) is 5.02 Å². The molecular formula is C26H27ClN2O4. The molecule has 0 bridgehead atoms. The molecule has 0 radical (unpaired) electrons. The zero-order chi connectivity index (χ0) is 24.0. The SMILES string of the molecule is COc1cc(C(=O)N(C)CC(=O)Nc2cccc(C)c2C)ccc1OCc1ccccc1Cl. The van der Waals surface area contributed by atoms with Crippen LogP contribution in [0.1, 0.15) is 27.0 Å². The Morgan fingerprint density at radius 3 is 2.48 bits per heavy atom. The van der Waals surface area contributed by atoms with Crippen LogP contribution in [0, 0.1) is 13.8 Å². The molecule has 0 aliphatic carbocycles. The van der Waals surface area contributed by atoms with E-state index in [0.717, 1.165) is 22.4 Å². The van der Waals surface area contributed by atoms with Crippen LogP contribution < -0.4 is 14.8 Å². The van der Waals surface area contributed by atoms with E-state index in [1.54, 1.807) is 31.3 Å². The highest BCUT2D eigenvalue weighted by atomic mass is 35.5. The highest BCUT2D eigenvalue weighted by Gasteiger charge is 2.18. The average molecular weight is 467 g/mol. The quantitative estimate of drug-likeness (QED) is 0.492. The summed E-state index contributed by atoms with van der Waals surface area (Å²) < 4.78 is 11.3. The molecule has 0 aliphatic heterocycles. The standard InChI is InChI=1S/C26H27ClN2O4/c1-17-8-7-11-22(18(17)2)28-25(30)15-29(3)26(31)19-12-13-23(24(14-19)32-4)33-16-20-9-5-6-10-21(20)27/h5-14H,15-16H2,1-4H3,(H,28,30). The maximum Gasteiger partial charge on any atom is 0.254 e. The molecular weight excluding hydrogens is 440 g/mol. The van der Waals surface area contributed by atoms with Gasteiger partial charge < -0.3 is 19.7 Å². The first-order valence-corrected chi connectivity index (χ1v) is 10.8. The van der Waals surface area contributed by atoms with E-state index in [1.807, 2.05) is 50.2 Å². The van der Waals surface area contributed by atoms with E-state index in [9.17, 15) is 9.59 Å². The summed E-state index contributed by atoms with van der Waals surface area (Å²) in [7, 11) is 3.09. The van der Waals surface area contributed by atoms with Crippen LogP contribution in [-0.4, -0.2) is 37.4 Å². The van der Waals surface area contributed by atoms with Crippen LogP contribution in [0.3, 0.4) is 0 Å². The van der Waals surface area contributed by atoms with Gasteiger partial charge >= 0.3 is 0 Å². The minimum absolute atomic E-state index is 0.0840. The van der Waals surface area contributed by atoms with Gasteiger partial charge in [-0.15, -0.1) is 0 Å². The van der Waals surface area contributed by atoms with Crippen LogP contribution in [-0.2, 0) is 11.4 Å². The van der Waals surface area contributed by atoms with Crippen LogP contribution in [0.5, 0.6) is 11.5 Å². The minimum atomic E-state index is -0.304. The Morgan fingerprint density at radius 1 is 1.00 bits per heavy atom. The molecule has 0 heterocycles. The highest BCUT2D eigenvalue weighted by molar-refractivity contribution is 6.31. The molecule has 0 aromatic heterocycles. The van der Waals surface area contributed by atoms with Gasteiger partial charge in [0, 0.05) is 28.9 Å². The number of aryl methyl sites for hydroxylation is 1. The molecule has 0 aliphatic rings. The largest absolute Gasteiger partial charge is 0.493 e. The van der Waals surface area contributed by atoms with Gasteiger partial charge in [-0.3, -0.25) is 9.59 Å². The van der Waals surface area contributed by atoms with E-state index in [4.69, 9.17) is 21.1 Å². The van der Waals surface area contributed by atoms with Crippen molar-refractivity contribution < 1.29 is 19.1 Å². The Balaban J connectivity index is 1.65. The van der Waals surface area contributed by atoms with E-state index in [1.165, 1.54) is 12.0 Å². The molecule has 1 N–H and O–H groups in total. The number of amides is 2. The minimum Gasteiger partial charge on any atom is -0.493 e. The second-order valence-electron chi connectivity index (χ2n) is 7.70. The lowest BCUT2D eigenvalue weighted by Gasteiger charge is -2.19. The zero-order valence-corrected chi connectivity index (χ0v) is 19.9. The highest BCUT2D eigenvalue weighted by Crippen LogP contribution is 2.30. The zero-order valence-electron chi connectivity index (χ0n) is 19.1. The third kappa shape index (κ3) is 6.05. The van der Waals surface area contributed by atoms with Crippen molar-refractivity contribution in [1.82, 2.24) is 4.90 Å². The number of ether oxygens (including phenoxy) is 2. The van der Waals surface area contributed by atoms with Gasteiger partial charge in [-0.25, -0.2) is 0 Å². The first kappa shape index (κ1) is 24.1. The summed E-state index contributed by atoms with van der Waals surface area (Å²) in [6.45, 7) is 4.11. The molecule has 0 spiro atoms. The molecule has 0 atom stereocenters. The fraction of sp³-hybridized carbons (Fsp3) is 0.231. The normalized spacial score (nSPS) is 10.5. The molecule has 2 amide bonds. The number of halogens is 1. The Bertz CT molecular complexity index is 1160. The van der Waals surface area contributed by atoms with Gasteiger partial charge in [0.1, 0.15) is 6.61 Å². The van der Waals surface area contributed by atoms with Crippen molar-refractivity contribution in [3.05, 3.63) is 87.9 Å². The van der Waals surface area contributed by atoms with Gasteiger partial charge in [-0.2, -0.15) is 0 Å². The van der Waals surface area contributed by atoms with Gasteiger partial charge in [0.25, 0.3) is 5.91 Å². The molecule has 6 nitrogen and oxygen atoms in total. The molecule has 0 fully saturated rings. The number of nitrogens with one attached hydrogen (secondary N) is 1. The lowest BCUT2D eigenvalue weighted by molar-refractivity contribution is -0.116. The molecule has 33 heavy (non-hydrogen) atoms. The van der Waals surface area contributed by atoms with Crippen molar-refractivity contribution in [2.75, 3.05) is 26.0 Å². The number of hydrogen-bond acceptors (Lipinski definition) is 4. The van der Waals surface area contributed by atoms with Gasteiger partial charge in [0.2, 0.25) is 5.91 Å². The van der Waals surface area contributed by atoms with E-state index >= 15 is 0 Å². The number of anilines is 1. The summed E-state index contributed by atoms with van der Waals surface area (Å²) in [5.74, 6) is 0.332. The van der Waals surface area contributed by atoms with Crippen LogP contribution in [0.4, 0.5) is 5.69 Å². The second kappa shape index (κ2) is 10.9. The van der Waals surface area contributed by atoms with Crippen LogP contribution >= 0.6 is 11.6 Å². The van der Waals surface area contributed by atoms with Crippen molar-refractivity contribution in [2.45, 2.75) is 20.5 Å². The Kier molecular flexibility index (Phi) is 7.96. The number of carbonyl (C=O) groups excluding carboxylic acids is 2. The summed E-state index contributed by atoms with van der Waals surface area (Å²) in [5, 5.41) is 3.48. The van der Waals surface area contributed by atoms with Crippen LogP contribution in [0.25, 0.3) is 0 Å². The first-order valence-electron chi connectivity index (χ1n) is 10.5. The van der Waals surface area contributed by atoms with Crippen molar-refractivity contribution in [1.29, 1.82) is 0 Å². The maximum absolute atomic E-state index is 12.9. The van der Waals surface area contributed by atoms with Crippen molar-refractivity contribution in [2.24, 2.45) is 0 Å². The number of rotatable bonds is 8. The van der Waals surface area contributed by atoms with E-state index in [-0.39, 0.29) is 25.0 Å². The average Bonchev–Trinajstić information content (AvgIpc) is 2.81. The van der Waals surface area contributed by atoms with Crippen molar-refractivity contribution in [3.63, 3.8) is 0 Å². The topological polar surface area (TPSA) is 67.9 Å². The molecule has 3 aromatic carbocycles. The molecule has 0 unspecified atom stereocenters. The number of likely N-dealkylation sites (N-methyl/N-ethyl adjacent to an activating group) is 1. The lowest BCUT2D eigenvalue weighted by atomic mass is 10.1. The second-order valence-corrected chi connectivity index (χ2v) is 8.11. The van der Waals surface area contributed by atoms with Gasteiger partial charge in [-0.05, 0) is 55.3 Å². The maximum atomic E-state index is 12.9. The summed E-state index contributed by atoms with van der Waals surface area (Å²) in [4.78, 5) is 26.7. The number of methoxy groups -OCH3 is 1. The lowest BCUT2D eigenvalue weighted by Crippen LogP contribution is -2.35. The molecule has 3 aromatic rings. The molecule has 172 valence electrons. The number of carbonyl (C=O) groups is 2. The Hall–Kier alpha value is -3.51. The summed E-state index contributed by atoms with van der Waals surface area (Å²) in [6.07, 6.45) is 0. The molecule has 0 saturated carbocycles. The summed E-state index contributed by atoms with van der Waals surface area (Å²) >= 11 is 6.18. The number of nitrogens with zero attached hydrogens (tertiary/aromatic N) is 1. The smallest absolute Gasteiger partial charge is 0.254 e. The third-order valence-electron chi connectivity index (χ3n) is 5.36. The van der Waals surface area contributed by atoms with Crippen LogP contribution in [0.15, 0.2) is 60.7 Å². The van der Waals surface area contributed by atoms with Gasteiger partial charge in [0.05, 0.1) is 13.7 Å². The number of benzene rings is 3. The van der Waals surface area contributed by atoms with E-state index in [0.29, 0.717) is 22.1 Å². The molecule has 3 rings (SSSR count). The third-order valence-corrected chi connectivity index (χ3v) is 5.73. The Labute approximate surface area is 199 Å². The fourth-order valence-corrected chi connectivity index (χ4v) is 3.46. The van der Waals surface area contributed by atoms with E-state index in [2.05, 4.69) is 5.32 Å². The molecule has 7 heteroatoms. The molecule has 0 saturated heterocycles. The summed E-state index contributed by atoms with van der Waals surface area (Å²) in [6, 6.07) is 18.0. The fourth-order valence-electron chi connectivity index (χ4n) is 3.27. The predicted molar refractivity (Wildman–Crippen MR) is 130 cm³/mol. The van der Waals surface area contributed by atoms with E-state index < -0.39 is 0 Å². The first-order chi connectivity index (χ1) is 15.8. The monoisotopic (exact) mass is 466 g/mol. The van der Waals surface area contributed by atoms with Crippen molar-refractivity contribution in [3.8, 4) is 11.5 Å². The Morgan fingerprint density at radius 2 is 1.76 bits per heavy atom. The predicted octanol–water partition coefficient (Wildman–Crippen LogP) is 5.26. The summed E-state index contributed by atoms with van der Waals surface area (Å²) in [5.41, 5.74) is 4.05. The number of hydrogen-bond donors (Lipinski definition) is 1.